The van der Waals surface area contributed by atoms with E-state index < -0.39 is 0 Å². The van der Waals surface area contributed by atoms with E-state index in [4.69, 9.17) is 11.6 Å². The molecule has 3 aromatic rings. The molecule has 0 spiro atoms. The van der Waals surface area contributed by atoms with Gasteiger partial charge < -0.3 is 10.2 Å². The van der Waals surface area contributed by atoms with Crippen LogP contribution in [0.3, 0.4) is 0 Å². The molecule has 1 saturated heterocycles. The van der Waals surface area contributed by atoms with Crippen LogP contribution in [0.4, 0.5) is 11.5 Å². The van der Waals surface area contributed by atoms with Gasteiger partial charge in [0, 0.05) is 29.9 Å². The molecule has 1 fully saturated rings. The minimum atomic E-state index is -0.227. The number of carbonyl (C=O) groups excluding carboxylic acids is 1. The van der Waals surface area contributed by atoms with Crippen molar-refractivity contribution in [2.75, 3.05) is 23.3 Å². The monoisotopic (exact) mass is 450 g/mol. The molecule has 166 valence electrons. The first-order chi connectivity index (χ1) is 15.3. The first-order valence-electron chi connectivity index (χ1n) is 10.8. The van der Waals surface area contributed by atoms with Crippen molar-refractivity contribution in [2.24, 2.45) is 5.92 Å². The van der Waals surface area contributed by atoms with Gasteiger partial charge in [0.1, 0.15) is 5.82 Å². The third kappa shape index (κ3) is 4.55. The van der Waals surface area contributed by atoms with Crippen molar-refractivity contribution >= 4 is 29.0 Å². The van der Waals surface area contributed by atoms with Crippen molar-refractivity contribution in [1.82, 2.24) is 9.78 Å². The Morgan fingerprint density at radius 2 is 1.91 bits per heavy atom. The molecular formula is C25H27ClN4O2. The number of nitrogens with one attached hydrogen (secondary N) is 1. The summed E-state index contributed by atoms with van der Waals surface area (Å²) in [5, 5.41) is 8.26. The Labute approximate surface area is 192 Å². The van der Waals surface area contributed by atoms with Crippen molar-refractivity contribution in [3.8, 4) is 5.69 Å². The molecule has 32 heavy (non-hydrogen) atoms. The van der Waals surface area contributed by atoms with Gasteiger partial charge in [-0.05, 0) is 74.6 Å². The summed E-state index contributed by atoms with van der Waals surface area (Å²) in [6.07, 6.45) is 1.70. The number of hydrogen-bond acceptors (Lipinski definition) is 4. The van der Waals surface area contributed by atoms with Crippen molar-refractivity contribution in [1.29, 1.82) is 0 Å². The Kier molecular flexibility index (Phi) is 6.33. The standard InChI is InChI=1S/C25H27ClN4O2/c1-16-6-4-8-22(18(16)3)27-25(32)19-7-5-13-29(15-19)23-11-12-24(31)30(28-23)20-10-9-17(2)21(26)14-20/h4,6,8-12,14,19H,5,7,13,15H2,1-3H3,(H,27,32)/t19-/m1/s1. The van der Waals surface area contributed by atoms with Gasteiger partial charge in [0.2, 0.25) is 5.91 Å². The molecule has 6 nitrogen and oxygen atoms in total. The zero-order chi connectivity index (χ0) is 22.8. The largest absolute Gasteiger partial charge is 0.354 e. The molecule has 1 aliphatic heterocycles. The summed E-state index contributed by atoms with van der Waals surface area (Å²) < 4.78 is 1.36. The Balaban J connectivity index is 1.54. The summed E-state index contributed by atoms with van der Waals surface area (Å²) in [5.74, 6) is 0.534. The Morgan fingerprint density at radius 3 is 2.69 bits per heavy atom. The fourth-order valence-electron chi connectivity index (χ4n) is 3.99. The van der Waals surface area contributed by atoms with Crippen molar-refractivity contribution in [2.45, 2.75) is 33.6 Å². The Hall–Kier alpha value is -3.12. The second kappa shape index (κ2) is 9.17. The molecule has 2 heterocycles. The molecule has 7 heteroatoms. The van der Waals surface area contributed by atoms with E-state index in [2.05, 4.69) is 15.3 Å². The molecule has 1 atom stereocenters. The van der Waals surface area contributed by atoms with Crippen LogP contribution in [0.15, 0.2) is 53.3 Å². The van der Waals surface area contributed by atoms with E-state index in [0.717, 1.165) is 41.8 Å². The van der Waals surface area contributed by atoms with Gasteiger partial charge in [-0.15, -0.1) is 5.10 Å². The fourth-order valence-corrected chi connectivity index (χ4v) is 4.16. The number of hydrogen-bond donors (Lipinski definition) is 1. The van der Waals surface area contributed by atoms with E-state index in [-0.39, 0.29) is 17.4 Å². The Bertz CT molecular complexity index is 1220. The smallest absolute Gasteiger partial charge is 0.271 e. The summed E-state index contributed by atoms with van der Waals surface area (Å²) in [7, 11) is 0. The lowest BCUT2D eigenvalue weighted by molar-refractivity contribution is -0.120. The van der Waals surface area contributed by atoms with Crippen molar-refractivity contribution < 1.29 is 4.79 Å². The quantitative estimate of drug-likeness (QED) is 0.627. The van der Waals surface area contributed by atoms with Gasteiger partial charge >= 0.3 is 0 Å². The minimum absolute atomic E-state index is 0.0158. The molecular weight excluding hydrogens is 424 g/mol. The molecule has 0 radical (unpaired) electrons. The highest BCUT2D eigenvalue weighted by molar-refractivity contribution is 6.31. The van der Waals surface area contributed by atoms with Crippen LogP contribution in [0, 0.1) is 26.7 Å². The predicted octanol–water partition coefficient (Wildman–Crippen LogP) is 4.67. The zero-order valence-corrected chi connectivity index (χ0v) is 19.3. The summed E-state index contributed by atoms with van der Waals surface area (Å²) in [4.78, 5) is 27.5. The van der Waals surface area contributed by atoms with Crippen LogP contribution in [0.1, 0.15) is 29.5 Å². The zero-order valence-electron chi connectivity index (χ0n) is 18.6. The lowest BCUT2D eigenvalue weighted by Crippen LogP contribution is -2.42. The van der Waals surface area contributed by atoms with Gasteiger partial charge in [0.25, 0.3) is 5.56 Å². The first kappa shape index (κ1) is 22.1. The van der Waals surface area contributed by atoms with Crippen LogP contribution in [0.2, 0.25) is 5.02 Å². The number of aryl methyl sites for hydroxylation is 2. The van der Waals surface area contributed by atoms with E-state index in [1.54, 1.807) is 12.1 Å². The molecule has 1 aromatic heterocycles. The van der Waals surface area contributed by atoms with Gasteiger partial charge in [0.05, 0.1) is 11.6 Å². The van der Waals surface area contributed by atoms with Gasteiger partial charge in [0.15, 0.2) is 0 Å². The fraction of sp³-hybridized carbons (Fsp3) is 0.320. The second-order valence-electron chi connectivity index (χ2n) is 8.40. The van der Waals surface area contributed by atoms with Crippen LogP contribution in [0.25, 0.3) is 5.69 Å². The highest BCUT2D eigenvalue weighted by Crippen LogP contribution is 2.25. The number of carbonyl (C=O) groups is 1. The van der Waals surface area contributed by atoms with E-state index in [1.165, 1.54) is 10.7 Å². The van der Waals surface area contributed by atoms with Gasteiger partial charge in [-0.1, -0.05) is 29.8 Å². The molecule has 1 amide bonds. The highest BCUT2D eigenvalue weighted by Gasteiger charge is 2.27. The SMILES string of the molecule is Cc1ccc(-n2nc(N3CCC[C@@H](C(=O)Nc4cccc(C)c4C)C3)ccc2=O)cc1Cl. The minimum Gasteiger partial charge on any atom is -0.354 e. The number of benzene rings is 2. The molecule has 1 N–H and O–H groups in total. The van der Waals surface area contributed by atoms with Crippen LogP contribution >= 0.6 is 11.6 Å². The maximum atomic E-state index is 13.0. The van der Waals surface area contributed by atoms with Crippen LogP contribution in [0.5, 0.6) is 0 Å². The molecule has 0 bridgehead atoms. The number of piperidine rings is 1. The molecule has 4 rings (SSSR count). The third-order valence-corrected chi connectivity index (χ3v) is 6.57. The van der Waals surface area contributed by atoms with E-state index in [1.807, 2.05) is 51.1 Å². The summed E-state index contributed by atoms with van der Waals surface area (Å²) in [5.41, 5.74) is 4.42. The number of nitrogens with zero attached hydrogens (tertiary/aromatic N) is 3. The molecule has 0 saturated carbocycles. The Morgan fingerprint density at radius 1 is 1.09 bits per heavy atom. The maximum Gasteiger partial charge on any atom is 0.271 e. The predicted molar refractivity (Wildman–Crippen MR) is 129 cm³/mol. The average molecular weight is 451 g/mol. The molecule has 1 aliphatic rings. The summed E-state index contributed by atoms with van der Waals surface area (Å²) >= 11 is 6.25. The average Bonchev–Trinajstić information content (AvgIpc) is 2.79. The molecule has 0 aliphatic carbocycles. The number of halogens is 1. The second-order valence-corrected chi connectivity index (χ2v) is 8.80. The number of amides is 1. The van der Waals surface area contributed by atoms with Gasteiger partial charge in [-0.25, -0.2) is 0 Å². The third-order valence-electron chi connectivity index (χ3n) is 6.16. The van der Waals surface area contributed by atoms with Crippen LogP contribution < -0.4 is 15.8 Å². The number of anilines is 2. The summed E-state index contributed by atoms with van der Waals surface area (Å²) in [6.45, 7) is 7.30. The van der Waals surface area contributed by atoms with Crippen LogP contribution in [-0.4, -0.2) is 28.8 Å². The highest BCUT2D eigenvalue weighted by atomic mass is 35.5. The van der Waals surface area contributed by atoms with Crippen LogP contribution in [-0.2, 0) is 4.79 Å². The van der Waals surface area contributed by atoms with Gasteiger partial charge in [-0.3, -0.25) is 9.59 Å². The van der Waals surface area contributed by atoms with E-state index in [9.17, 15) is 9.59 Å². The first-order valence-corrected chi connectivity index (χ1v) is 11.2. The summed E-state index contributed by atoms with van der Waals surface area (Å²) in [6, 6.07) is 14.6. The normalized spacial score (nSPS) is 16.1. The lowest BCUT2D eigenvalue weighted by atomic mass is 9.96. The number of aromatic nitrogens is 2. The molecule has 0 unspecified atom stereocenters. The molecule has 2 aromatic carbocycles. The lowest BCUT2D eigenvalue weighted by Gasteiger charge is -2.33. The van der Waals surface area contributed by atoms with Crippen molar-refractivity contribution in [3.05, 3.63) is 80.6 Å². The van der Waals surface area contributed by atoms with E-state index >= 15 is 0 Å². The van der Waals surface area contributed by atoms with E-state index in [0.29, 0.717) is 23.1 Å². The van der Waals surface area contributed by atoms with Gasteiger partial charge in [-0.2, -0.15) is 4.68 Å². The maximum absolute atomic E-state index is 13.0. The number of rotatable bonds is 4. The topological polar surface area (TPSA) is 67.2 Å². The van der Waals surface area contributed by atoms with Crippen molar-refractivity contribution in [3.63, 3.8) is 0 Å².